The molecule has 0 aliphatic heterocycles. The van der Waals surface area contributed by atoms with Gasteiger partial charge in [0.25, 0.3) is 0 Å². The summed E-state index contributed by atoms with van der Waals surface area (Å²) in [7, 11) is 0. The number of halogens is 1. The van der Waals surface area contributed by atoms with E-state index in [1.807, 2.05) is 24.3 Å². The molecule has 2 heteroatoms. The standard InChI is InChI=1S/C14H10FN/c15-14-8-4-3-7-13(14)12-6-2-1-5-11(12)9-10-16/h1-8H,9H2. The molecule has 0 aromatic heterocycles. The van der Waals surface area contributed by atoms with Crippen molar-refractivity contribution in [2.75, 3.05) is 0 Å². The van der Waals surface area contributed by atoms with Crippen LogP contribution in [0.2, 0.25) is 0 Å². The summed E-state index contributed by atoms with van der Waals surface area (Å²) < 4.78 is 13.6. The number of nitriles is 1. The minimum atomic E-state index is -0.257. The van der Waals surface area contributed by atoms with Gasteiger partial charge >= 0.3 is 0 Å². The molecule has 0 heterocycles. The fourth-order valence-electron chi connectivity index (χ4n) is 1.70. The molecule has 0 saturated carbocycles. The quantitative estimate of drug-likeness (QED) is 0.745. The Morgan fingerprint density at radius 1 is 0.938 bits per heavy atom. The molecule has 2 aromatic carbocycles. The van der Waals surface area contributed by atoms with E-state index >= 15 is 0 Å². The first-order chi connectivity index (χ1) is 7.83. The summed E-state index contributed by atoms with van der Waals surface area (Å²) in [6.07, 6.45) is 0.296. The van der Waals surface area contributed by atoms with Crippen LogP contribution in [0.25, 0.3) is 11.1 Å². The Labute approximate surface area is 93.8 Å². The van der Waals surface area contributed by atoms with E-state index in [0.29, 0.717) is 12.0 Å². The maximum absolute atomic E-state index is 13.6. The lowest BCUT2D eigenvalue weighted by atomic mass is 9.98. The van der Waals surface area contributed by atoms with Crippen molar-refractivity contribution >= 4 is 0 Å². The van der Waals surface area contributed by atoms with Crippen LogP contribution < -0.4 is 0 Å². The van der Waals surface area contributed by atoms with Gasteiger partial charge in [-0.05, 0) is 17.2 Å². The summed E-state index contributed by atoms with van der Waals surface area (Å²) >= 11 is 0. The molecule has 0 aliphatic carbocycles. The summed E-state index contributed by atoms with van der Waals surface area (Å²) in [5.41, 5.74) is 2.20. The molecule has 0 bridgehead atoms. The molecule has 0 fully saturated rings. The number of hydrogen-bond donors (Lipinski definition) is 0. The Kier molecular flexibility index (Phi) is 2.98. The van der Waals surface area contributed by atoms with Crippen LogP contribution >= 0.6 is 0 Å². The second-order valence-corrected chi connectivity index (χ2v) is 3.47. The van der Waals surface area contributed by atoms with Crippen LogP contribution in [0.1, 0.15) is 5.56 Å². The molecule has 0 radical (unpaired) electrons. The van der Waals surface area contributed by atoms with Crippen LogP contribution in [-0.2, 0) is 6.42 Å². The minimum Gasteiger partial charge on any atom is -0.206 e. The third-order valence-electron chi connectivity index (χ3n) is 2.45. The van der Waals surface area contributed by atoms with Crippen molar-refractivity contribution < 1.29 is 4.39 Å². The SMILES string of the molecule is N#CCc1ccccc1-c1ccccc1F. The van der Waals surface area contributed by atoms with E-state index in [2.05, 4.69) is 6.07 Å². The first-order valence-electron chi connectivity index (χ1n) is 5.02. The van der Waals surface area contributed by atoms with Crippen molar-refractivity contribution in [3.05, 3.63) is 59.9 Å². The van der Waals surface area contributed by atoms with Crippen molar-refractivity contribution in [1.82, 2.24) is 0 Å². The molecule has 0 aliphatic rings. The zero-order chi connectivity index (χ0) is 11.4. The maximum Gasteiger partial charge on any atom is 0.131 e. The molecule has 16 heavy (non-hydrogen) atoms. The van der Waals surface area contributed by atoms with Crippen LogP contribution in [0, 0.1) is 17.1 Å². The Morgan fingerprint density at radius 3 is 2.25 bits per heavy atom. The zero-order valence-electron chi connectivity index (χ0n) is 8.65. The van der Waals surface area contributed by atoms with Gasteiger partial charge in [-0.3, -0.25) is 0 Å². The highest BCUT2D eigenvalue weighted by molar-refractivity contribution is 5.68. The van der Waals surface area contributed by atoms with E-state index < -0.39 is 0 Å². The average molecular weight is 211 g/mol. The van der Waals surface area contributed by atoms with Crippen molar-refractivity contribution in [3.8, 4) is 17.2 Å². The summed E-state index contributed by atoms with van der Waals surface area (Å²) in [5.74, 6) is -0.257. The van der Waals surface area contributed by atoms with Gasteiger partial charge in [0.2, 0.25) is 0 Å². The van der Waals surface area contributed by atoms with Crippen LogP contribution in [0.4, 0.5) is 4.39 Å². The van der Waals surface area contributed by atoms with Crippen molar-refractivity contribution in [2.24, 2.45) is 0 Å². The molecule has 0 N–H and O–H groups in total. The lowest BCUT2D eigenvalue weighted by molar-refractivity contribution is 0.631. The number of rotatable bonds is 2. The molecule has 2 rings (SSSR count). The number of hydrogen-bond acceptors (Lipinski definition) is 1. The monoisotopic (exact) mass is 211 g/mol. The van der Waals surface area contributed by atoms with Gasteiger partial charge in [-0.15, -0.1) is 0 Å². The molecule has 0 spiro atoms. The molecule has 2 aromatic rings. The molecule has 0 amide bonds. The lowest BCUT2D eigenvalue weighted by Crippen LogP contribution is -1.90. The van der Waals surface area contributed by atoms with E-state index in [1.165, 1.54) is 6.07 Å². The second-order valence-electron chi connectivity index (χ2n) is 3.47. The molecular formula is C14H10FN. The van der Waals surface area contributed by atoms with Gasteiger partial charge in [0.05, 0.1) is 12.5 Å². The molecule has 78 valence electrons. The Bertz CT molecular complexity index is 540. The smallest absolute Gasteiger partial charge is 0.131 e. The van der Waals surface area contributed by atoms with Gasteiger partial charge in [-0.2, -0.15) is 5.26 Å². The predicted molar refractivity (Wildman–Crippen MR) is 61.2 cm³/mol. The highest BCUT2D eigenvalue weighted by Gasteiger charge is 2.07. The normalized spacial score (nSPS) is 9.75. The van der Waals surface area contributed by atoms with Crippen LogP contribution in [-0.4, -0.2) is 0 Å². The fourth-order valence-corrected chi connectivity index (χ4v) is 1.70. The van der Waals surface area contributed by atoms with Gasteiger partial charge in [-0.25, -0.2) is 4.39 Å². The molecule has 1 nitrogen and oxygen atoms in total. The average Bonchev–Trinajstić information content (AvgIpc) is 2.31. The third-order valence-corrected chi connectivity index (χ3v) is 2.45. The summed E-state index contributed by atoms with van der Waals surface area (Å²) in [6.45, 7) is 0. The van der Waals surface area contributed by atoms with E-state index in [0.717, 1.165) is 11.1 Å². The first-order valence-corrected chi connectivity index (χ1v) is 5.02. The summed E-state index contributed by atoms with van der Waals surface area (Å²) in [6, 6.07) is 16.1. The van der Waals surface area contributed by atoms with Crippen LogP contribution in [0.3, 0.4) is 0 Å². The molecule has 0 atom stereocenters. The van der Waals surface area contributed by atoms with Crippen LogP contribution in [0.5, 0.6) is 0 Å². The molecule has 0 saturated heterocycles. The van der Waals surface area contributed by atoms with Crippen molar-refractivity contribution in [3.63, 3.8) is 0 Å². The van der Waals surface area contributed by atoms with Crippen molar-refractivity contribution in [2.45, 2.75) is 6.42 Å². The largest absolute Gasteiger partial charge is 0.206 e. The highest BCUT2D eigenvalue weighted by atomic mass is 19.1. The second kappa shape index (κ2) is 4.59. The number of benzene rings is 2. The number of nitrogens with zero attached hydrogens (tertiary/aromatic N) is 1. The van der Waals surface area contributed by atoms with E-state index in [1.54, 1.807) is 18.2 Å². The van der Waals surface area contributed by atoms with Gasteiger partial charge < -0.3 is 0 Å². The topological polar surface area (TPSA) is 23.8 Å². The van der Waals surface area contributed by atoms with E-state index in [-0.39, 0.29) is 5.82 Å². The predicted octanol–water partition coefficient (Wildman–Crippen LogP) is 3.56. The fraction of sp³-hybridized carbons (Fsp3) is 0.0714. The molecule has 0 unspecified atom stereocenters. The molecular weight excluding hydrogens is 201 g/mol. The van der Waals surface area contributed by atoms with Gasteiger partial charge in [0, 0.05) is 5.56 Å². The highest BCUT2D eigenvalue weighted by Crippen LogP contribution is 2.26. The van der Waals surface area contributed by atoms with Crippen LogP contribution in [0.15, 0.2) is 48.5 Å². The first kappa shape index (κ1) is 10.4. The Morgan fingerprint density at radius 2 is 1.56 bits per heavy atom. The summed E-state index contributed by atoms with van der Waals surface area (Å²) in [4.78, 5) is 0. The zero-order valence-corrected chi connectivity index (χ0v) is 8.65. The maximum atomic E-state index is 13.6. The van der Waals surface area contributed by atoms with Gasteiger partial charge in [0.15, 0.2) is 0 Å². The Hall–Kier alpha value is -2.14. The minimum absolute atomic E-state index is 0.257. The van der Waals surface area contributed by atoms with E-state index in [9.17, 15) is 4.39 Å². The van der Waals surface area contributed by atoms with Crippen molar-refractivity contribution in [1.29, 1.82) is 5.26 Å². The van der Waals surface area contributed by atoms with E-state index in [4.69, 9.17) is 5.26 Å². The summed E-state index contributed by atoms with van der Waals surface area (Å²) in [5, 5.41) is 8.72. The van der Waals surface area contributed by atoms with Gasteiger partial charge in [0.1, 0.15) is 5.82 Å². The van der Waals surface area contributed by atoms with Gasteiger partial charge in [-0.1, -0.05) is 42.5 Å². The third kappa shape index (κ3) is 1.94. The lowest BCUT2D eigenvalue weighted by Gasteiger charge is -2.07. The Balaban J connectivity index is 2.57.